The molecule has 0 spiro atoms. The molecule has 1 aliphatic rings. The van der Waals surface area contributed by atoms with Crippen LogP contribution in [0.3, 0.4) is 0 Å². The van der Waals surface area contributed by atoms with E-state index in [4.69, 9.17) is 0 Å². The molecule has 0 bridgehead atoms. The summed E-state index contributed by atoms with van der Waals surface area (Å²) in [6.45, 7) is 0. The zero-order valence-electron chi connectivity index (χ0n) is 13.0. The Morgan fingerprint density at radius 2 is 2.00 bits per heavy atom. The summed E-state index contributed by atoms with van der Waals surface area (Å²) in [4.78, 5) is 24.0. The number of amides is 2. The molecule has 0 saturated carbocycles. The van der Waals surface area contributed by atoms with Crippen molar-refractivity contribution in [3.05, 3.63) is 32.9 Å². The van der Waals surface area contributed by atoms with Crippen molar-refractivity contribution in [1.82, 2.24) is 24.9 Å². The SMILES string of the molecule is CN1N=C(c2csc(-c3nn(C)c(=O)[n+](C)n3)c2)[N-]N(C)C1=O. The molecule has 3 rings (SSSR count). The van der Waals surface area contributed by atoms with Crippen LogP contribution in [0.1, 0.15) is 5.56 Å². The van der Waals surface area contributed by atoms with Crippen LogP contribution in [0.2, 0.25) is 0 Å². The van der Waals surface area contributed by atoms with Crippen molar-refractivity contribution in [2.75, 3.05) is 14.1 Å². The molecule has 11 heteroatoms. The predicted molar refractivity (Wildman–Crippen MR) is 82.6 cm³/mol. The van der Waals surface area contributed by atoms with Crippen molar-refractivity contribution in [3.8, 4) is 10.7 Å². The molecule has 0 N–H and O–H groups in total. The monoisotopic (exact) mass is 334 g/mol. The first kappa shape index (κ1) is 15.1. The zero-order chi connectivity index (χ0) is 16.7. The Morgan fingerprint density at radius 1 is 1.26 bits per heavy atom. The summed E-state index contributed by atoms with van der Waals surface area (Å²) in [5, 5.41) is 16.7. The number of amidine groups is 1. The van der Waals surface area contributed by atoms with E-state index < -0.39 is 0 Å². The Bertz CT molecular complexity index is 844. The van der Waals surface area contributed by atoms with Crippen molar-refractivity contribution < 1.29 is 9.48 Å². The van der Waals surface area contributed by atoms with Gasteiger partial charge >= 0.3 is 11.7 Å². The van der Waals surface area contributed by atoms with Gasteiger partial charge in [-0.3, -0.25) is 0 Å². The number of nitrogens with zero attached hydrogens (tertiary/aromatic N) is 8. The Morgan fingerprint density at radius 3 is 2.65 bits per heavy atom. The number of carbonyl (C=O) groups is 1. The van der Waals surface area contributed by atoms with E-state index in [9.17, 15) is 9.59 Å². The summed E-state index contributed by atoms with van der Waals surface area (Å²) >= 11 is 1.41. The number of hydrogen-bond donors (Lipinski definition) is 0. The van der Waals surface area contributed by atoms with Crippen LogP contribution in [0.25, 0.3) is 16.1 Å². The highest BCUT2D eigenvalue weighted by Crippen LogP contribution is 2.26. The van der Waals surface area contributed by atoms with E-state index in [1.54, 1.807) is 28.2 Å². The minimum Gasteiger partial charge on any atom is -0.369 e. The van der Waals surface area contributed by atoms with Gasteiger partial charge in [-0.25, -0.2) is 4.79 Å². The Kier molecular flexibility index (Phi) is 3.56. The molecule has 0 fully saturated rings. The van der Waals surface area contributed by atoms with E-state index in [-0.39, 0.29) is 11.7 Å². The zero-order valence-corrected chi connectivity index (χ0v) is 13.8. The first-order valence-corrected chi connectivity index (χ1v) is 7.47. The van der Waals surface area contributed by atoms with E-state index in [1.165, 1.54) is 30.7 Å². The van der Waals surface area contributed by atoms with Crippen molar-refractivity contribution in [2.45, 2.75) is 0 Å². The molecule has 0 aromatic carbocycles. The smallest absolute Gasteiger partial charge is 0.369 e. The molecule has 120 valence electrons. The standard InChI is InChI=1S/C12H14N8O2S/c1-17-11(21)18(2)14-9(13-17)7-5-8(23-6-7)10-15-19(3)12(22)20(4)16-10/h5-6H,1-4H3. The summed E-state index contributed by atoms with van der Waals surface area (Å²) in [6.07, 6.45) is 0. The van der Waals surface area contributed by atoms with Gasteiger partial charge in [0.1, 0.15) is 14.1 Å². The van der Waals surface area contributed by atoms with Crippen LogP contribution in [-0.2, 0) is 14.1 Å². The van der Waals surface area contributed by atoms with E-state index in [1.807, 2.05) is 11.4 Å². The van der Waals surface area contributed by atoms with Crippen molar-refractivity contribution in [3.63, 3.8) is 0 Å². The predicted octanol–water partition coefficient (Wildman–Crippen LogP) is -0.324. The van der Waals surface area contributed by atoms with E-state index in [0.29, 0.717) is 11.7 Å². The summed E-state index contributed by atoms with van der Waals surface area (Å²) < 4.78 is 2.45. The van der Waals surface area contributed by atoms with Gasteiger partial charge in [0.2, 0.25) is 0 Å². The van der Waals surface area contributed by atoms with Gasteiger partial charge in [0.25, 0.3) is 5.82 Å². The number of rotatable bonds is 2. The number of carbonyl (C=O) groups excluding carboxylic acids is 1. The molecule has 0 atom stereocenters. The van der Waals surface area contributed by atoms with Gasteiger partial charge in [-0.05, 0) is 22.8 Å². The van der Waals surface area contributed by atoms with Crippen LogP contribution in [0.4, 0.5) is 4.79 Å². The second-order valence-electron chi connectivity index (χ2n) is 4.91. The second-order valence-corrected chi connectivity index (χ2v) is 5.82. The molecule has 2 amide bonds. The minimum atomic E-state index is -0.308. The van der Waals surface area contributed by atoms with Gasteiger partial charge < -0.3 is 20.5 Å². The summed E-state index contributed by atoms with van der Waals surface area (Å²) in [7, 11) is 6.27. The van der Waals surface area contributed by atoms with Crippen LogP contribution in [-0.4, -0.2) is 50.9 Å². The lowest BCUT2D eigenvalue weighted by atomic mass is 10.3. The van der Waals surface area contributed by atoms with E-state index in [2.05, 4.69) is 20.7 Å². The molecule has 0 saturated heterocycles. The van der Waals surface area contributed by atoms with E-state index >= 15 is 0 Å². The molecule has 2 aromatic rings. The lowest BCUT2D eigenvalue weighted by molar-refractivity contribution is -0.748. The summed E-state index contributed by atoms with van der Waals surface area (Å²) in [5.41, 5.74) is 4.58. The maximum atomic E-state index is 11.6. The molecule has 10 nitrogen and oxygen atoms in total. The van der Waals surface area contributed by atoms with Crippen LogP contribution < -0.4 is 10.4 Å². The van der Waals surface area contributed by atoms with Crippen LogP contribution in [0.15, 0.2) is 21.3 Å². The van der Waals surface area contributed by atoms with Crippen molar-refractivity contribution in [1.29, 1.82) is 0 Å². The molecule has 0 aliphatic carbocycles. The number of hydrogen-bond acceptors (Lipinski definition) is 6. The molecule has 3 heterocycles. The van der Waals surface area contributed by atoms with Gasteiger partial charge in [0.15, 0.2) is 0 Å². The fraction of sp³-hybridized carbons (Fsp3) is 0.333. The third-order valence-corrected chi connectivity index (χ3v) is 4.09. The fourth-order valence-electron chi connectivity index (χ4n) is 1.98. The lowest BCUT2D eigenvalue weighted by Crippen LogP contribution is -2.54. The Hall–Kier alpha value is -2.82. The summed E-state index contributed by atoms with van der Waals surface area (Å²) in [6, 6.07) is 1.52. The largest absolute Gasteiger partial charge is 0.539 e. The molecule has 0 unspecified atom stereocenters. The first-order valence-electron chi connectivity index (χ1n) is 6.59. The minimum absolute atomic E-state index is 0.307. The van der Waals surface area contributed by atoms with Crippen molar-refractivity contribution in [2.24, 2.45) is 19.2 Å². The average Bonchev–Trinajstić information content (AvgIpc) is 2.99. The Labute approximate surface area is 135 Å². The maximum absolute atomic E-state index is 11.6. The Balaban J connectivity index is 1.97. The third-order valence-electron chi connectivity index (χ3n) is 3.16. The van der Waals surface area contributed by atoms with Crippen LogP contribution in [0, 0.1) is 0 Å². The molecule has 1 aliphatic heterocycles. The number of aryl methyl sites for hydroxylation is 2. The molecule has 0 radical (unpaired) electrons. The van der Waals surface area contributed by atoms with Crippen molar-refractivity contribution >= 4 is 23.2 Å². The quantitative estimate of drug-likeness (QED) is 0.702. The molecular formula is C12H14N8O2S. The van der Waals surface area contributed by atoms with Gasteiger partial charge in [0.05, 0.1) is 4.88 Å². The van der Waals surface area contributed by atoms with Gasteiger partial charge in [0, 0.05) is 14.1 Å². The highest BCUT2D eigenvalue weighted by molar-refractivity contribution is 7.13. The number of urea groups is 1. The second kappa shape index (κ2) is 5.43. The van der Waals surface area contributed by atoms with Gasteiger partial charge in [-0.1, -0.05) is 19.6 Å². The highest BCUT2D eigenvalue weighted by atomic mass is 32.1. The maximum Gasteiger partial charge on any atom is 0.539 e. The average molecular weight is 334 g/mol. The summed E-state index contributed by atoms with van der Waals surface area (Å²) in [5.74, 6) is 0.853. The highest BCUT2D eigenvalue weighted by Gasteiger charge is 2.17. The van der Waals surface area contributed by atoms with Crippen LogP contribution in [0.5, 0.6) is 0 Å². The normalized spacial score (nSPS) is 14.8. The molecular weight excluding hydrogens is 320 g/mol. The van der Waals surface area contributed by atoms with Gasteiger partial charge in [-0.15, -0.1) is 11.3 Å². The van der Waals surface area contributed by atoms with Gasteiger partial charge in [-0.2, -0.15) is 4.79 Å². The molecule has 2 aromatic heterocycles. The lowest BCUT2D eigenvalue weighted by Gasteiger charge is -2.38. The van der Waals surface area contributed by atoms with Crippen LogP contribution >= 0.6 is 11.3 Å². The first-order chi connectivity index (χ1) is 10.9. The fourth-order valence-corrected chi connectivity index (χ4v) is 2.79. The number of aromatic nitrogens is 4. The third kappa shape index (κ3) is 2.65. The number of thiophene rings is 1. The number of hydrazone groups is 1. The van der Waals surface area contributed by atoms with E-state index in [0.717, 1.165) is 10.4 Å². The molecule has 23 heavy (non-hydrogen) atoms. The topological polar surface area (TPSA) is 102 Å².